The standard InChI is InChI=1S/C30H38O9S/c1-6-9-24-21-30(39-17-15-35-5)26(22-29(24)38-16-14-34-4)11-10-25-20-27(37-13-8-18-40(31,32)33)23(3)19-28(25)36-12-7-2/h19-22H,7-8,12-18H2,1-5H3,(H,31,32,33). The van der Waals surface area contributed by atoms with E-state index < -0.39 is 10.1 Å². The van der Waals surface area contributed by atoms with E-state index >= 15 is 0 Å². The highest BCUT2D eigenvalue weighted by Crippen LogP contribution is 2.31. The van der Waals surface area contributed by atoms with E-state index in [9.17, 15) is 8.42 Å². The number of methoxy groups -OCH3 is 2. The molecule has 0 saturated heterocycles. The molecule has 10 heteroatoms. The lowest BCUT2D eigenvalue weighted by Crippen LogP contribution is -2.09. The largest absolute Gasteiger partial charge is 0.493 e. The third kappa shape index (κ3) is 11.4. The van der Waals surface area contributed by atoms with Gasteiger partial charge in [-0.15, -0.1) is 5.92 Å². The Kier molecular flexibility index (Phi) is 14.2. The molecule has 40 heavy (non-hydrogen) atoms. The van der Waals surface area contributed by atoms with Gasteiger partial charge in [0, 0.05) is 26.4 Å². The van der Waals surface area contributed by atoms with Gasteiger partial charge in [-0.3, -0.25) is 4.55 Å². The monoisotopic (exact) mass is 574 g/mol. The highest BCUT2D eigenvalue weighted by Gasteiger charge is 2.13. The minimum absolute atomic E-state index is 0.113. The average molecular weight is 575 g/mol. The van der Waals surface area contributed by atoms with Crippen molar-refractivity contribution in [1.82, 2.24) is 0 Å². The molecule has 2 rings (SSSR count). The van der Waals surface area contributed by atoms with Gasteiger partial charge in [0.1, 0.15) is 36.2 Å². The smallest absolute Gasteiger partial charge is 0.264 e. The van der Waals surface area contributed by atoms with E-state index in [1.54, 1.807) is 39.3 Å². The first-order chi connectivity index (χ1) is 19.2. The predicted octanol–water partition coefficient (Wildman–Crippen LogP) is 4.26. The minimum Gasteiger partial charge on any atom is -0.493 e. The first-order valence-corrected chi connectivity index (χ1v) is 14.5. The molecule has 0 radical (unpaired) electrons. The van der Waals surface area contributed by atoms with Gasteiger partial charge >= 0.3 is 0 Å². The Morgan fingerprint density at radius 1 is 0.700 bits per heavy atom. The second kappa shape index (κ2) is 17.3. The van der Waals surface area contributed by atoms with Crippen LogP contribution >= 0.6 is 0 Å². The van der Waals surface area contributed by atoms with Gasteiger partial charge in [0.15, 0.2) is 0 Å². The van der Waals surface area contributed by atoms with Crippen LogP contribution in [0.5, 0.6) is 23.0 Å². The lowest BCUT2D eigenvalue weighted by Gasteiger charge is -2.14. The lowest BCUT2D eigenvalue weighted by atomic mass is 10.1. The normalized spacial score (nSPS) is 10.7. The van der Waals surface area contributed by atoms with Crippen LogP contribution in [0.4, 0.5) is 0 Å². The number of hydrogen-bond acceptors (Lipinski definition) is 8. The summed E-state index contributed by atoms with van der Waals surface area (Å²) in [4.78, 5) is 0. The molecule has 0 aliphatic heterocycles. The van der Waals surface area contributed by atoms with Crippen molar-refractivity contribution in [3.63, 3.8) is 0 Å². The molecule has 0 aliphatic carbocycles. The van der Waals surface area contributed by atoms with E-state index in [0.29, 0.717) is 72.7 Å². The van der Waals surface area contributed by atoms with Gasteiger partial charge in [-0.1, -0.05) is 24.7 Å². The Balaban J connectivity index is 2.51. The molecule has 9 nitrogen and oxygen atoms in total. The van der Waals surface area contributed by atoms with Gasteiger partial charge in [0.05, 0.1) is 48.9 Å². The van der Waals surface area contributed by atoms with Gasteiger partial charge < -0.3 is 28.4 Å². The van der Waals surface area contributed by atoms with Gasteiger partial charge in [-0.05, 0) is 44.4 Å². The Hall–Kier alpha value is -3.41. The molecule has 0 saturated carbocycles. The molecule has 218 valence electrons. The van der Waals surface area contributed by atoms with E-state index in [2.05, 4.69) is 23.7 Å². The Labute approximate surface area is 237 Å². The molecule has 0 bridgehead atoms. The molecular weight excluding hydrogens is 536 g/mol. The zero-order chi connectivity index (χ0) is 29.4. The number of ether oxygens (including phenoxy) is 6. The molecule has 0 amide bonds. The van der Waals surface area contributed by atoms with Gasteiger partial charge in [0.25, 0.3) is 10.1 Å². The summed E-state index contributed by atoms with van der Waals surface area (Å²) < 4.78 is 64.9. The van der Waals surface area contributed by atoms with E-state index in [-0.39, 0.29) is 18.8 Å². The van der Waals surface area contributed by atoms with Crippen molar-refractivity contribution in [2.75, 3.05) is 59.6 Å². The highest BCUT2D eigenvalue weighted by atomic mass is 32.2. The third-order valence-electron chi connectivity index (χ3n) is 5.31. The molecule has 2 aromatic rings. The molecule has 0 fully saturated rings. The average Bonchev–Trinajstić information content (AvgIpc) is 2.91. The van der Waals surface area contributed by atoms with Crippen LogP contribution in [-0.4, -0.2) is 72.6 Å². The molecule has 0 unspecified atom stereocenters. The van der Waals surface area contributed by atoms with Crippen LogP contribution in [0.1, 0.15) is 48.9 Å². The topological polar surface area (TPSA) is 110 Å². The molecule has 0 aliphatic rings. The fourth-order valence-electron chi connectivity index (χ4n) is 3.40. The van der Waals surface area contributed by atoms with Crippen LogP contribution in [0, 0.1) is 30.6 Å². The molecular formula is C30H38O9S. The third-order valence-corrected chi connectivity index (χ3v) is 6.11. The van der Waals surface area contributed by atoms with Crippen LogP contribution < -0.4 is 18.9 Å². The van der Waals surface area contributed by atoms with Gasteiger partial charge in [-0.25, -0.2) is 0 Å². The number of rotatable bonds is 16. The van der Waals surface area contributed by atoms with Crippen molar-refractivity contribution in [2.45, 2.75) is 33.6 Å². The van der Waals surface area contributed by atoms with E-state index in [1.165, 1.54) is 0 Å². The molecule has 0 heterocycles. The maximum Gasteiger partial charge on any atom is 0.264 e. The maximum absolute atomic E-state index is 11.0. The summed E-state index contributed by atoms with van der Waals surface area (Å²) >= 11 is 0. The van der Waals surface area contributed by atoms with Crippen LogP contribution in [0.3, 0.4) is 0 Å². The summed E-state index contributed by atoms with van der Waals surface area (Å²) in [6.45, 7) is 7.74. The van der Waals surface area contributed by atoms with Gasteiger partial charge in [-0.2, -0.15) is 8.42 Å². The van der Waals surface area contributed by atoms with Crippen LogP contribution in [-0.2, 0) is 19.6 Å². The van der Waals surface area contributed by atoms with Crippen molar-refractivity contribution in [1.29, 1.82) is 0 Å². The first-order valence-electron chi connectivity index (χ1n) is 12.9. The SMILES string of the molecule is CC#Cc1cc(OCCOC)c(C#Cc2cc(OCCCS(=O)(=O)O)c(C)cc2OCCC)cc1OCCOC. The zero-order valence-electron chi connectivity index (χ0n) is 23.8. The Morgan fingerprint density at radius 2 is 1.18 bits per heavy atom. The van der Waals surface area contributed by atoms with Crippen molar-refractivity contribution in [2.24, 2.45) is 0 Å². The van der Waals surface area contributed by atoms with Crippen LogP contribution in [0.25, 0.3) is 0 Å². The van der Waals surface area contributed by atoms with Crippen molar-refractivity contribution < 1.29 is 41.4 Å². The lowest BCUT2D eigenvalue weighted by molar-refractivity contribution is 0.144. The van der Waals surface area contributed by atoms with Gasteiger partial charge in [0.2, 0.25) is 0 Å². The van der Waals surface area contributed by atoms with E-state index in [4.69, 9.17) is 33.0 Å². The van der Waals surface area contributed by atoms with Crippen molar-refractivity contribution >= 4 is 10.1 Å². The van der Waals surface area contributed by atoms with Crippen molar-refractivity contribution in [3.05, 3.63) is 46.5 Å². The first kappa shape index (κ1) is 32.8. The number of benzene rings is 2. The summed E-state index contributed by atoms with van der Waals surface area (Å²) in [5.41, 5.74) is 2.65. The molecule has 0 spiro atoms. The summed E-state index contributed by atoms with van der Waals surface area (Å²) in [6.07, 6.45) is 0.966. The maximum atomic E-state index is 11.0. The summed E-state index contributed by atoms with van der Waals surface area (Å²) in [7, 11) is -0.849. The highest BCUT2D eigenvalue weighted by molar-refractivity contribution is 7.85. The van der Waals surface area contributed by atoms with E-state index in [1.807, 2.05) is 19.9 Å². The molecule has 0 atom stereocenters. The van der Waals surface area contributed by atoms with Crippen LogP contribution in [0.2, 0.25) is 0 Å². The van der Waals surface area contributed by atoms with Crippen LogP contribution in [0.15, 0.2) is 24.3 Å². The summed E-state index contributed by atoms with van der Waals surface area (Å²) in [5.74, 6) is 14.2. The second-order valence-electron chi connectivity index (χ2n) is 8.60. The van der Waals surface area contributed by atoms with E-state index in [0.717, 1.165) is 12.0 Å². The molecule has 0 aromatic heterocycles. The number of aryl methyl sites for hydroxylation is 1. The quantitative estimate of drug-likeness (QED) is 0.179. The van der Waals surface area contributed by atoms with Crippen molar-refractivity contribution in [3.8, 4) is 46.7 Å². The summed E-state index contributed by atoms with van der Waals surface area (Å²) in [5, 5.41) is 0. The Morgan fingerprint density at radius 3 is 1.68 bits per heavy atom. The second-order valence-corrected chi connectivity index (χ2v) is 10.2. The zero-order valence-corrected chi connectivity index (χ0v) is 24.6. The predicted molar refractivity (Wildman–Crippen MR) is 153 cm³/mol. The number of hydrogen-bond donors (Lipinski definition) is 1. The fraction of sp³-hybridized carbons (Fsp3) is 0.467. The molecule has 1 N–H and O–H groups in total. The fourth-order valence-corrected chi connectivity index (χ4v) is 3.89. The Bertz CT molecular complexity index is 1330. The summed E-state index contributed by atoms with van der Waals surface area (Å²) in [6, 6.07) is 7.19. The minimum atomic E-state index is -4.05. The molecule has 2 aromatic carbocycles.